The van der Waals surface area contributed by atoms with Gasteiger partial charge in [0.05, 0.1) is 17.9 Å². The molecule has 0 fully saturated rings. The molecule has 0 aliphatic carbocycles. The number of carboxylic acid groups (broad SMARTS) is 1. The number of aliphatic carboxylic acids is 1. The Morgan fingerprint density at radius 1 is 0.821 bits per heavy atom. The lowest BCUT2D eigenvalue weighted by molar-refractivity contribution is -0.174. The molecule has 0 heterocycles. The number of carbonyl (C=O) groups excluding carboxylic acids is 1. The first-order valence-electron chi connectivity index (χ1n) is 8.71. The standard InChI is InChI=1S/C12H17NO2.C10H12O2.CH4/c1-12(2,11(14)13(3)15-4)10-8-6-5-7-9-10;1-10(2,9(11)12)8-6-4-3-5-7-8;/h5-9H,1-4H3;3-7H,1-2H3,(H,11,12);1H4. The van der Waals surface area contributed by atoms with Crippen LogP contribution in [0.3, 0.4) is 0 Å². The van der Waals surface area contributed by atoms with Gasteiger partial charge in [0.1, 0.15) is 0 Å². The Morgan fingerprint density at radius 2 is 1.18 bits per heavy atom. The van der Waals surface area contributed by atoms with Crippen molar-refractivity contribution in [2.45, 2.75) is 46.0 Å². The maximum atomic E-state index is 12.0. The molecule has 2 rings (SSSR count). The zero-order chi connectivity index (χ0) is 20.7. The lowest BCUT2D eigenvalue weighted by atomic mass is 9.84. The van der Waals surface area contributed by atoms with E-state index < -0.39 is 16.8 Å². The number of hydrogen-bond acceptors (Lipinski definition) is 3. The number of amides is 1. The van der Waals surface area contributed by atoms with Crippen molar-refractivity contribution in [2.75, 3.05) is 14.2 Å². The first kappa shape index (κ1) is 25.3. The van der Waals surface area contributed by atoms with Crippen molar-refractivity contribution in [1.82, 2.24) is 5.06 Å². The fraction of sp³-hybridized carbons (Fsp3) is 0.391. The lowest BCUT2D eigenvalue weighted by Crippen LogP contribution is -2.40. The van der Waals surface area contributed by atoms with Gasteiger partial charge in [0.25, 0.3) is 5.91 Å². The number of nitrogens with zero attached hydrogens (tertiary/aromatic N) is 1. The summed E-state index contributed by atoms with van der Waals surface area (Å²) in [5.41, 5.74) is 0.462. The molecule has 0 aliphatic heterocycles. The van der Waals surface area contributed by atoms with Gasteiger partial charge in [-0.15, -0.1) is 0 Å². The summed E-state index contributed by atoms with van der Waals surface area (Å²) in [6.07, 6.45) is 0. The molecular formula is C23H33NO4. The molecule has 0 unspecified atom stereocenters. The number of hydrogen-bond donors (Lipinski definition) is 1. The average molecular weight is 388 g/mol. The van der Waals surface area contributed by atoms with Gasteiger partial charge in [0.15, 0.2) is 0 Å². The second-order valence-electron chi connectivity index (χ2n) is 7.27. The van der Waals surface area contributed by atoms with Gasteiger partial charge in [0, 0.05) is 7.05 Å². The summed E-state index contributed by atoms with van der Waals surface area (Å²) in [6, 6.07) is 18.9. The molecule has 0 bridgehead atoms. The first-order valence-corrected chi connectivity index (χ1v) is 8.71. The molecule has 28 heavy (non-hydrogen) atoms. The third-order valence-corrected chi connectivity index (χ3v) is 4.62. The van der Waals surface area contributed by atoms with Gasteiger partial charge in [-0.2, -0.15) is 0 Å². The van der Waals surface area contributed by atoms with Crippen LogP contribution in [0.15, 0.2) is 60.7 Å². The Morgan fingerprint density at radius 3 is 1.50 bits per heavy atom. The number of carbonyl (C=O) groups is 2. The highest BCUT2D eigenvalue weighted by Crippen LogP contribution is 2.25. The summed E-state index contributed by atoms with van der Waals surface area (Å²) in [5, 5.41) is 10.2. The Hall–Kier alpha value is -2.66. The molecule has 1 amide bonds. The van der Waals surface area contributed by atoms with Gasteiger partial charge >= 0.3 is 5.97 Å². The van der Waals surface area contributed by atoms with Crippen molar-refractivity contribution in [2.24, 2.45) is 0 Å². The van der Waals surface area contributed by atoms with Crippen LogP contribution in [0.4, 0.5) is 0 Å². The van der Waals surface area contributed by atoms with E-state index in [9.17, 15) is 9.59 Å². The summed E-state index contributed by atoms with van der Waals surface area (Å²) < 4.78 is 0. The molecule has 0 aliphatic rings. The highest BCUT2D eigenvalue weighted by molar-refractivity contribution is 5.86. The Kier molecular flexibility index (Phi) is 9.61. The maximum Gasteiger partial charge on any atom is 0.313 e. The maximum absolute atomic E-state index is 12.0. The van der Waals surface area contributed by atoms with Crippen molar-refractivity contribution in [1.29, 1.82) is 0 Å². The van der Waals surface area contributed by atoms with Crippen molar-refractivity contribution >= 4 is 11.9 Å². The van der Waals surface area contributed by atoms with E-state index >= 15 is 0 Å². The predicted octanol–water partition coefficient (Wildman–Crippen LogP) is 4.67. The van der Waals surface area contributed by atoms with E-state index in [1.165, 1.54) is 12.2 Å². The molecule has 0 aromatic heterocycles. The van der Waals surface area contributed by atoms with Gasteiger partial charge in [-0.25, -0.2) is 5.06 Å². The second kappa shape index (κ2) is 10.6. The van der Waals surface area contributed by atoms with Gasteiger partial charge in [-0.1, -0.05) is 68.1 Å². The second-order valence-corrected chi connectivity index (χ2v) is 7.27. The summed E-state index contributed by atoms with van der Waals surface area (Å²) in [6.45, 7) is 7.18. The number of rotatable bonds is 5. The van der Waals surface area contributed by atoms with Crippen LogP contribution in [0, 0.1) is 0 Å². The predicted molar refractivity (Wildman–Crippen MR) is 113 cm³/mol. The highest BCUT2D eigenvalue weighted by Gasteiger charge is 2.32. The van der Waals surface area contributed by atoms with Gasteiger partial charge in [-0.05, 0) is 38.8 Å². The molecule has 0 saturated heterocycles. The van der Waals surface area contributed by atoms with E-state index in [2.05, 4.69) is 0 Å². The zero-order valence-corrected chi connectivity index (χ0v) is 16.9. The topological polar surface area (TPSA) is 66.8 Å². The summed E-state index contributed by atoms with van der Waals surface area (Å²) >= 11 is 0. The van der Waals surface area contributed by atoms with Crippen LogP contribution in [0.2, 0.25) is 0 Å². The SMILES string of the molecule is C.CC(C)(C(=O)O)c1ccccc1.CON(C)C(=O)C(C)(C)c1ccccc1. The molecule has 5 heteroatoms. The van der Waals surface area contributed by atoms with E-state index in [0.717, 1.165) is 11.1 Å². The molecule has 0 saturated carbocycles. The number of benzene rings is 2. The fourth-order valence-electron chi connectivity index (χ4n) is 2.43. The van der Waals surface area contributed by atoms with Crippen LogP contribution >= 0.6 is 0 Å². The normalized spacial score (nSPS) is 10.8. The monoisotopic (exact) mass is 387 g/mol. The fourth-order valence-corrected chi connectivity index (χ4v) is 2.43. The molecule has 0 atom stereocenters. The minimum absolute atomic E-state index is 0. The molecule has 0 radical (unpaired) electrons. The van der Waals surface area contributed by atoms with Crippen molar-refractivity contribution in [3.63, 3.8) is 0 Å². The molecule has 2 aromatic carbocycles. The lowest BCUT2D eigenvalue weighted by Gasteiger charge is -2.28. The van der Waals surface area contributed by atoms with Gasteiger partial charge < -0.3 is 5.11 Å². The molecular weight excluding hydrogens is 354 g/mol. The van der Waals surface area contributed by atoms with E-state index in [1.807, 2.05) is 74.5 Å². The smallest absolute Gasteiger partial charge is 0.313 e. The molecule has 5 nitrogen and oxygen atoms in total. The molecule has 0 spiro atoms. The minimum atomic E-state index is -0.797. The number of carboxylic acids is 1. The van der Waals surface area contributed by atoms with Crippen LogP contribution in [-0.2, 0) is 25.3 Å². The van der Waals surface area contributed by atoms with Crippen LogP contribution < -0.4 is 0 Å². The molecule has 2 aromatic rings. The third kappa shape index (κ3) is 6.20. The van der Waals surface area contributed by atoms with Gasteiger partial charge in [-0.3, -0.25) is 14.4 Å². The van der Waals surface area contributed by atoms with E-state index in [0.29, 0.717) is 0 Å². The van der Waals surface area contributed by atoms with E-state index in [-0.39, 0.29) is 13.3 Å². The Balaban J connectivity index is 0.000000514. The largest absolute Gasteiger partial charge is 0.481 e. The van der Waals surface area contributed by atoms with Crippen molar-refractivity contribution in [3.05, 3.63) is 71.8 Å². The van der Waals surface area contributed by atoms with E-state index in [4.69, 9.17) is 9.94 Å². The Bertz CT molecular complexity index is 740. The molecule has 154 valence electrons. The Labute approximate surface area is 168 Å². The number of likely N-dealkylation sites (N-methyl/N-ethyl adjacent to an activating group) is 1. The summed E-state index contributed by atoms with van der Waals surface area (Å²) in [4.78, 5) is 27.7. The highest BCUT2D eigenvalue weighted by atomic mass is 16.7. The summed E-state index contributed by atoms with van der Waals surface area (Å²) in [5.74, 6) is -0.857. The van der Waals surface area contributed by atoms with Gasteiger partial charge in [0.2, 0.25) is 0 Å². The summed E-state index contributed by atoms with van der Waals surface area (Å²) in [7, 11) is 3.10. The zero-order valence-electron chi connectivity index (χ0n) is 16.9. The van der Waals surface area contributed by atoms with Crippen LogP contribution in [0.25, 0.3) is 0 Å². The molecule has 1 N–H and O–H groups in total. The van der Waals surface area contributed by atoms with E-state index in [1.54, 1.807) is 20.9 Å². The first-order chi connectivity index (χ1) is 12.5. The van der Waals surface area contributed by atoms with Crippen molar-refractivity contribution in [3.8, 4) is 0 Å². The number of hydroxylamine groups is 2. The van der Waals surface area contributed by atoms with Crippen LogP contribution in [-0.4, -0.2) is 36.2 Å². The quantitative estimate of drug-likeness (QED) is 0.757. The van der Waals surface area contributed by atoms with Crippen LogP contribution in [0.5, 0.6) is 0 Å². The minimum Gasteiger partial charge on any atom is -0.481 e. The average Bonchev–Trinajstić information content (AvgIpc) is 2.68. The third-order valence-electron chi connectivity index (χ3n) is 4.62. The van der Waals surface area contributed by atoms with Crippen molar-refractivity contribution < 1.29 is 19.5 Å². The van der Waals surface area contributed by atoms with Crippen LogP contribution in [0.1, 0.15) is 46.2 Å².